The van der Waals surface area contributed by atoms with Crippen LogP contribution in [-0.4, -0.2) is 29.9 Å². The largest absolute Gasteiger partial charge is 0.481 e. The molecular formula is C9H12F3N3O2. The van der Waals surface area contributed by atoms with E-state index in [2.05, 4.69) is 9.97 Å². The van der Waals surface area contributed by atoms with Gasteiger partial charge in [0.1, 0.15) is 0 Å². The summed E-state index contributed by atoms with van der Waals surface area (Å²) in [6.45, 7) is -0.0981. The molecule has 0 aliphatic heterocycles. The SMILES string of the molecule is COc1cc(OCCCC(F)(F)F)nc(N)n1. The van der Waals surface area contributed by atoms with Crippen molar-refractivity contribution in [2.75, 3.05) is 19.5 Å². The van der Waals surface area contributed by atoms with Gasteiger partial charge in [-0.15, -0.1) is 0 Å². The van der Waals surface area contributed by atoms with Crippen molar-refractivity contribution in [2.45, 2.75) is 19.0 Å². The second kappa shape index (κ2) is 5.55. The van der Waals surface area contributed by atoms with Gasteiger partial charge >= 0.3 is 6.18 Å². The second-order valence-corrected chi connectivity index (χ2v) is 3.17. The number of hydrogen-bond acceptors (Lipinski definition) is 5. The first-order valence-corrected chi connectivity index (χ1v) is 4.79. The molecule has 0 bridgehead atoms. The van der Waals surface area contributed by atoms with E-state index >= 15 is 0 Å². The molecule has 1 aromatic heterocycles. The summed E-state index contributed by atoms with van der Waals surface area (Å²) in [5.74, 6) is 0.231. The normalized spacial score (nSPS) is 11.3. The average molecular weight is 251 g/mol. The zero-order chi connectivity index (χ0) is 12.9. The number of nitrogens with zero attached hydrogens (tertiary/aromatic N) is 2. The van der Waals surface area contributed by atoms with Gasteiger partial charge in [0.2, 0.25) is 17.7 Å². The van der Waals surface area contributed by atoms with Crippen LogP contribution in [0.5, 0.6) is 11.8 Å². The molecule has 0 unspecified atom stereocenters. The minimum absolute atomic E-state index is 0.0600. The molecule has 0 aromatic carbocycles. The number of ether oxygens (including phenoxy) is 2. The molecule has 5 nitrogen and oxygen atoms in total. The van der Waals surface area contributed by atoms with Gasteiger partial charge < -0.3 is 15.2 Å². The van der Waals surface area contributed by atoms with E-state index in [4.69, 9.17) is 15.2 Å². The molecule has 0 spiro atoms. The van der Waals surface area contributed by atoms with Crippen LogP contribution < -0.4 is 15.2 Å². The van der Waals surface area contributed by atoms with E-state index in [0.29, 0.717) is 0 Å². The standard InChI is InChI=1S/C9H12F3N3O2/c1-16-6-5-7(15-8(13)14-6)17-4-2-3-9(10,11)12/h5H,2-4H2,1H3,(H2,13,14,15). The average Bonchev–Trinajstić information content (AvgIpc) is 2.22. The minimum atomic E-state index is -4.17. The summed E-state index contributed by atoms with van der Waals surface area (Å²) in [6, 6.07) is 1.35. The molecule has 0 fully saturated rings. The first kappa shape index (κ1) is 13.3. The van der Waals surface area contributed by atoms with E-state index in [0.717, 1.165) is 0 Å². The Morgan fingerprint density at radius 2 is 1.94 bits per heavy atom. The summed E-state index contributed by atoms with van der Waals surface area (Å²) in [7, 11) is 1.38. The highest BCUT2D eigenvalue weighted by atomic mass is 19.4. The van der Waals surface area contributed by atoms with Crippen molar-refractivity contribution in [1.82, 2.24) is 9.97 Å². The zero-order valence-corrected chi connectivity index (χ0v) is 9.12. The van der Waals surface area contributed by atoms with Crippen molar-refractivity contribution in [3.63, 3.8) is 0 Å². The number of nitrogen functional groups attached to an aromatic ring is 1. The molecule has 1 rings (SSSR count). The van der Waals surface area contributed by atoms with Crippen molar-refractivity contribution in [3.05, 3.63) is 6.07 Å². The summed E-state index contributed by atoms with van der Waals surface area (Å²) in [5, 5.41) is 0. The molecule has 96 valence electrons. The third kappa shape index (κ3) is 5.23. The van der Waals surface area contributed by atoms with Gasteiger partial charge in [-0.1, -0.05) is 0 Å². The first-order chi connectivity index (χ1) is 7.90. The molecule has 0 aliphatic carbocycles. The van der Waals surface area contributed by atoms with E-state index in [1.165, 1.54) is 13.2 Å². The fourth-order valence-corrected chi connectivity index (χ4v) is 1.05. The molecular weight excluding hydrogens is 239 g/mol. The highest BCUT2D eigenvalue weighted by Crippen LogP contribution is 2.22. The van der Waals surface area contributed by atoms with Crippen LogP contribution in [0, 0.1) is 0 Å². The number of halogens is 3. The number of nitrogens with two attached hydrogens (primary N) is 1. The van der Waals surface area contributed by atoms with Crippen LogP contribution in [0.2, 0.25) is 0 Å². The van der Waals surface area contributed by atoms with Crippen molar-refractivity contribution in [2.24, 2.45) is 0 Å². The van der Waals surface area contributed by atoms with Crippen LogP contribution in [0.1, 0.15) is 12.8 Å². The van der Waals surface area contributed by atoms with Crippen LogP contribution >= 0.6 is 0 Å². The van der Waals surface area contributed by atoms with Gasteiger partial charge in [-0.2, -0.15) is 23.1 Å². The van der Waals surface area contributed by atoms with Gasteiger partial charge in [-0.3, -0.25) is 0 Å². The van der Waals surface area contributed by atoms with E-state index in [-0.39, 0.29) is 30.7 Å². The van der Waals surface area contributed by atoms with Crippen molar-refractivity contribution >= 4 is 5.95 Å². The topological polar surface area (TPSA) is 70.3 Å². The number of hydrogen-bond donors (Lipinski definition) is 1. The Morgan fingerprint density at radius 3 is 2.53 bits per heavy atom. The number of anilines is 1. The molecule has 0 amide bonds. The number of methoxy groups -OCH3 is 1. The quantitative estimate of drug-likeness (QED) is 0.808. The highest BCUT2D eigenvalue weighted by molar-refractivity contribution is 5.29. The van der Waals surface area contributed by atoms with Crippen LogP contribution in [0.15, 0.2) is 6.07 Å². The second-order valence-electron chi connectivity index (χ2n) is 3.17. The Kier molecular flexibility index (Phi) is 4.36. The Balaban J connectivity index is 2.44. The van der Waals surface area contributed by atoms with Crippen LogP contribution in [0.25, 0.3) is 0 Å². The van der Waals surface area contributed by atoms with Gasteiger partial charge in [0.15, 0.2) is 0 Å². The fourth-order valence-electron chi connectivity index (χ4n) is 1.05. The van der Waals surface area contributed by atoms with Crippen LogP contribution in [0.3, 0.4) is 0 Å². The zero-order valence-electron chi connectivity index (χ0n) is 9.12. The maximum absolute atomic E-state index is 11.8. The van der Waals surface area contributed by atoms with E-state index in [1.54, 1.807) is 0 Å². The third-order valence-corrected chi connectivity index (χ3v) is 1.76. The molecule has 0 radical (unpaired) electrons. The number of rotatable bonds is 5. The maximum Gasteiger partial charge on any atom is 0.389 e. The van der Waals surface area contributed by atoms with Gasteiger partial charge in [0.25, 0.3) is 0 Å². The molecule has 0 saturated heterocycles. The smallest absolute Gasteiger partial charge is 0.389 e. The van der Waals surface area contributed by atoms with Gasteiger partial charge in [-0.25, -0.2) is 0 Å². The number of alkyl halides is 3. The summed E-state index contributed by atoms with van der Waals surface area (Å²) >= 11 is 0. The molecule has 0 atom stereocenters. The summed E-state index contributed by atoms with van der Waals surface area (Å²) in [4.78, 5) is 7.40. The van der Waals surface area contributed by atoms with Crippen molar-refractivity contribution in [3.8, 4) is 11.8 Å². The Bertz CT molecular complexity index is 371. The van der Waals surface area contributed by atoms with Crippen molar-refractivity contribution < 1.29 is 22.6 Å². The number of aromatic nitrogens is 2. The van der Waals surface area contributed by atoms with Gasteiger partial charge in [0.05, 0.1) is 19.8 Å². The molecule has 1 heterocycles. The monoisotopic (exact) mass is 251 g/mol. The van der Waals surface area contributed by atoms with Crippen LogP contribution in [0.4, 0.5) is 19.1 Å². The predicted octanol–water partition coefficient (Wildman–Crippen LogP) is 1.79. The van der Waals surface area contributed by atoms with E-state index in [9.17, 15) is 13.2 Å². The minimum Gasteiger partial charge on any atom is -0.481 e. The van der Waals surface area contributed by atoms with E-state index in [1.807, 2.05) is 0 Å². The lowest BCUT2D eigenvalue weighted by Crippen LogP contribution is -2.10. The maximum atomic E-state index is 11.8. The molecule has 2 N–H and O–H groups in total. The molecule has 0 aliphatic rings. The Labute approximate surface area is 95.8 Å². The summed E-state index contributed by atoms with van der Waals surface area (Å²) in [5.41, 5.74) is 5.35. The van der Waals surface area contributed by atoms with Gasteiger partial charge in [0, 0.05) is 6.42 Å². The van der Waals surface area contributed by atoms with E-state index < -0.39 is 12.6 Å². The first-order valence-electron chi connectivity index (χ1n) is 4.79. The lowest BCUT2D eigenvalue weighted by molar-refractivity contribution is -0.136. The third-order valence-electron chi connectivity index (χ3n) is 1.76. The highest BCUT2D eigenvalue weighted by Gasteiger charge is 2.26. The summed E-state index contributed by atoms with van der Waals surface area (Å²) < 4.78 is 45.3. The lowest BCUT2D eigenvalue weighted by Gasteiger charge is -2.08. The molecule has 8 heteroatoms. The summed E-state index contributed by atoms with van der Waals surface area (Å²) in [6.07, 6.45) is -5.22. The predicted molar refractivity (Wildman–Crippen MR) is 53.8 cm³/mol. The van der Waals surface area contributed by atoms with Crippen molar-refractivity contribution in [1.29, 1.82) is 0 Å². The lowest BCUT2D eigenvalue weighted by atomic mass is 10.3. The molecule has 1 aromatic rings. The fraction of sp³-hybridized carbons (Fsp3) is 0.556. The van der Waals surface area contributed by atoms with Gasteiger partial charge in [-0.05, 0) is 6.42 Å². The molecule has 17 heavy (non-hydrogen) atoms. The Morgan fingerprint density at radius 1 is 1.29 bits per heavy atom. The molecule has 0 saturated carbocycles. The van der Waals surface area contributed by atoms with Crippen LogP contribution in [-0.2, 0) is 0 Å². The Hall–Kier alpha value is -1.73.